The summed E-state index contributed by atoms with van der Waals surface area (Å²) in [5, 5.41) is 20.2. The first-order chi connectivity index (χ1) is 27.9. The number of nitrogens with one attached hydrogen (secondary N) is 2. The second kappa shape index (κ2) is 20.8. The molecule has 0 bridgehead atoms. The van der Waals surface area contributed by atoms with Crippen molar-refractivity contribution in [3.8, 4) is 5.75 Å². The molecule has 14 heteroatoms. The Hall–Kier alpha value is -4.94. The predicted octanol–water partition coefficient (Wildman–Crippen LogP) is 10.3. The van der Waals surface area contributed by atoms with Gasteiger partial charge in [-0.25, -0.2) is 0 Å². The van der Waals surface area contributed by atoms with Crippen LogP contribution >= 0.6 is 34.8 Å². The number of anilines is 3. The molecule has 4 rings (SSSR count). The molecule has 0 aromatic heterocycles. The monoisotopic (exact) mass is 862 g/mol. The summed E-state index contributed by atoms with van der Waals surface area (Å²) in [6.45, 7) is 17.9. The molecule has 0 heterocycles. The Kier molecular flexibility index (Phi) is 16.5. The van der Waals surface area contributed by atoms with Gasteiger partial charge in [-0.05, 0) is 103 Å². The minimum Gasteiger partial charge on any atom is -0.483 e. The summed E-state index contributed by atoms with van der Waals surface area (Å²) in [4.78, 5) is 46.4. The molecule has 59 heavy (non-hydrogen) atoms. The number of aliphatic hydroxyl groups is 1. The van der Waals surface area contributed by atoms with E-state index in [4.69, 9.17) is 39.5 Å². The minimum atomic E-state index is -0.724. The zero-order chi connectivity index (χ0) is 43.5. The van der Waals surface area contributed by atoms with Crippen molar-refractivity contribution in [1.82, 2.24) is 5.32 Å². The number of likely N-dealkylation sites (N-methyl/N-ethyl adjacent to an activating group) is 1. The molecule has 3 N–H and O–H groups in total. The van der Waals surface area contributed by atoms with Gasteiger partial charge < -0.3 is 25.4 Å². The maximum atomic E-state index is 13.6. The third-order valence-electron chi connectivity index (χ3n) is 10.4. The standard InChI is InChI=1S/C45H53Cl3N6O5/c1-9-44(5,6)31-15-18-39(35(23-31)45(7,8)10-2)59-27-40(56)52-33-14-12-13-30(22-33)43(58)50-28-51-54(42-36(47)24-32(46)25-37(42)48)41(57)26-49-38-17-16-34(21-29(38)4)53(11-3)19-20-55/h12-18,21-26,28,55H,9-11,19-20,27H2,1-8H3,(H,52,56)(H,50,51,58). The number of carbonyl (C=O) groups excluding carboxylic acids is 3. The van der Waals surface area contributed by atoms with Crippen LogP contribution in [0.1, 0.15) is 88.4 Å². The highest BCUT2D eigenvalue weighted by Crippen LogP contribution is 2.39. The van der Waals surface area contributed by atoms with Crippen molar-refractivity contribution in [2.24, 2.45) is 10.1 Å². The number of hydrogen-bond donors (Lipinski definition) is 3. The molecule has 0 fully saturated rings. The van der Waals surface area contributed by atoms with Gasteiger partial charge in [0, 0.05) is 40.6 Å². The van der Waals surface area contributed by atoms with Gasteiger partial charge in [-0.3, -0.25) is 19.4 Å². The summed E-state index contributed by atoms with van der Waals surface area (Å²) in [5.74, 6) is -1.04. The van der Waals surface area contributed by atoms with E-state index in [9.17, 15) is 19.5 Å². The number of rotatable bonds is 18. The maximum absolute atomic E-state index is 13.6. The van der Waals surface area contributed by atoms with Crippen LogP contribution in [0.4, 0.5) is 22.7 Å². The van der Waals surface area contributed by atoms with Gasteiger partial charge in [0.25, 0.3) is 17.7 Å². The van der Waals surface area contributed by atoms with Gasteiger partial charge in [0.2, 0.25) is 0 Å². The molecular formula is C45H53Cl3N6O5. The largest absolute Gasteiger partial charge is 0.483 e. The molecule has 0 aliphatic carbocycles. The highest BCUT2D eigenvalue weighted by atomic mass is 35.5. The van der Waals surface area contributed by atoms with E-state index in [1.54, 1.807) is 24.3 Å². The Labute approximate surface area is 362 Å². The highest BCUT2D eigenvalue weighted by molar-refractivity contribution is 6.44. The first-order valence-corrected chi connectivity index (χ1v) is 20.6. The van der Waals surface area contributed by atoms with Crippen LogP contribution in [0.15, 0.2) is 82.9 Å². The van der Waals surface area contributed by atoms with Gasteiger partial charge in [0.05, 0.1) is 28.6 Å². The average Bonchev–Trinajstić information content (AvgIpc) is 3.20. The van der Waals surface area contributed by atoms with Crippen LogP contribution in [0.5, 0.6) is 5.75 Å². The quantitative estimate of drug-likeness (QED) is 0.0518. The lowest BCUT2D eigenvalue weighted by Gasteiger charge is -2.30. The number of carbonyl (C=O) groups is 3. The summed E-state index contributed by atoms with van der Waals surface area (Å²) in [7, 11) is 0. The number of aliphatic imine (C=N–C) groups is 1. The van der Waals surface area contributed by atoms with Crippen LogP contribution in [0, 0.1) is 6.92 Å². The van der Waals surface area contributed by atoms with Crippen molar-refractivity contribution in [1.29, 1.82) is 0 Å². The number of aryl methyl sites for hydroxylation is 1. The van der Waals surface area contributed by atoms with Gasteiger partial charge in [-0.1, -0.05) is 94.5 Å². The Bertz CT molecular complexity index is 2180. The number of benzene rings is 4. The maximum Gasteiger partial charge on any atom is 0.289 e. The lowest BCUT2D eigenvalue weighted by Crippen LogP contribution is -2.30. The van der Waals surface area contributed by atoms with Crippen LogP contribution in [0.3, 0.4) is 0 Å². The molecule has 0 radical (unpaired) electrons. The molecule has 0 saturated heterocycles. The number of amides is 3. The summed E-state index contributed by atoms with van der Waals surface area (Å²) in [6.07, 6.45) is 3.96. The third-order valence-corrected chi connectivity index (χ3v) is 11.2. The van der Waals surface area contributed by atoms with Gasteiger partial charge in [0.15, 0.2) is 6.61 Å². The van der Waals surface area contributed by atoms with Crippen molar-refractivity contribution >= 4 is 87.8 Å². The van der Waals surface area contributed by atoms with Crippen molar-refractivity contribution in [2.45, 2.75) is 79.1 Å². The summed E-state index contributed by atoms with van der Waals surface area (Å²) < 4.78 is 6.08. The van der Waals surface area contributed by atoms with Crippen LogP contribution in [0.25, 0.3) is 0 Å². The SMILES string of the molecule is CCN(CCO)c1ccc(N=CC(=O)N(/N=C/NC(=O)c2cccc(NC(=O)COc3ccc(C(C)(C)CC)cc3C(C)(C)CC)c2)c2c(Cl)cc(Cl)cc2Cl)c(C)c1. The van der Waals surface area contributed by atoms with E-state index in [-0.39, 0.29) is 50.4 Å². The van der Waals surface area contributed by atoms with E-state index >= 15 is 0 Å². The van der Waals surface area contributed by atoms with Crippen molar-refractivity contribution in [3.05, 3.63) is 110 Å². The first kappa shape index (κ1) is 46.7. The van der Waals surface area contributed by atoms with Crippen molar-refractivity contribution in [2.75, 3.05) is 41.5 Å². The van der Waals surface area contributed by atoms with E-state index < -0.39 is 17.7 Å². The van der Waals surface area contributed by atoms with E-state index in [1.807, 2.05) is 36.9 Å². The Balaban J connectivity index is 1.48. The molecule has 4 aromatic carbocycles. The number of hydrogen-bond acceptors (Lipinski definition) is 8. The minimum absolute atomic E-state index is 0.00562. The summed E-state index contributed by atoms with van der Waals surface area (Å²) >= 11 is 19.1. The van der Waals surface area contributed by atoms with E-state index in [0.717, 1.165) is 47.2 Å². The van der Waals surface area contributed by atoms with Crippen molar-refractivity contribution in [3.63, 3.8) is 0 Å². The van der Waals surface area contributed by atoms with Crippen LogP contribution in [-0.4, -0.2) is 61.7 Å². The Morgan fingerprint density at radius 2 is 1.58 bits per heavy atom. The zero-order valence-electron chi connectivity index (χ0n) is 34.8. The summed E-state index contributed by atoms with van der Waals surface area (Å²) in [5.41, 5.74) is 4.92. The Morgan fingerprint density at radius 1 is 0.881 bits per heavy atom. The molecule has 0 aliphatic heterocycles. The molecule has 0 atom stereocenters. The molecular weight excluding hydrogens is 811 g/mol. The van der Waals surface area contributed by atoms with E-state index in [0.29, 0.717) is 30.2 Å². The fourth-order valence-corrected chi connectivity index (χ4v) is 7.00. The highest BCUT2D eigenvalue weighted by Gasteiger charge is 2.27. The molecule has 4 aromatic rings. The molecule has 0 unspecified atom stereocenters. The number of ether oxygens (including phenoxy) is 1. The predicted molar refractivity (Wildman–Crippen MR) is 243 cm³/mol. The second-order valence-corrected chi connectivity index (χ2v) is 16.5. The van der Waals surface area contributed by atoms with Gasteiger partial charge in [-0.15, -0.1) is 0 Å². The van der Waals surface area contributed by atoms with Crippen LogP contribution < -0.4 is 25.3 Å². The fourth-order valence-electron chi connectivity index (χ4n) is 6.02. The second-order valence-electron chi connectivity index (χ2n) is 15.2. The van der Waals surface area contributed by atoms with Crippen LogP contribution in [-0.2, 0) is 20.4 Å². The first-order valence-electron chi connectivity index (χ1n) is 19.4. The smallest absolute Gasteiger partial charge is 0.289 e. The fraction of sp³-hybridized carbons (Fsp3) is 0.356. The molecule has 11 nitrogen and oxygen atoms in total. The van der Waals surface area contributed by atoms with E-state index in [1.165, 1.54) is 23.8 Å². The normalized spacial score (nSPS) is 11.9. The van der Waals surface area contributed by atoms with Gasteiger partial charge >= 0.3 is 0 Å². The van der Waals surface area contributed by atoms with Crippen molar-refractivity contribution < 1.29 is 24.2 Å². The molecule has 314 valence electrons. The number of hydrazone groups is 1. The van der Waals surface area contributed by atoms with Gasteiger partial charge in [0.1, 0.15) is 17.8 Å². The molecule has 3 amide bonds. The van der Waals surface area contributed by atoms with E-state index in [2.05, 4.69) is 74.4 Å². The topological polar surface area (TPSA) is 136 Å². The lowest BCUT2D eigenvalue weighted by atomic mass is 9.76. The molecule has 0 spiro atoms. The Morgan fingerprint density at radius 3 is 2.20 bits per heavy atom. The zero-order valence-corrected chi connectivity index (χ0v) is 37.1. The molecule has 0 saturated carbocycles. The van der Waals surface area contributed by atoms with Gasteiger partial charge in [-0.2, -0.15) is 10.1 Å². The lowest BCUT2D eigenvalue weighted by molar-refractivity contribution is -0.118. The average molecular weight is 864 g/mol. The number of nitrogens with zero attached hydrogens (tertiary/aromatic N) is 4. The number of halogens is 3. The third kappa shape index (κ3) is 12.3. The number of aliphatic hydroxyl groups excluding tert-OH is 1. The van der Waals surface area contributed by atoms with Crippen LogP contribution in [0.2, 0.25) is 15.1 Å². The molecule has 0 aliphatic rings. The summed E-state index contributed by atoms with van der Waals surface area (Å²) in [6, 6.07) is 20.9.